The van der Waals surface area contributed by atoms with Crippen LogP contribution in [-0.4, -0.2) is 39.4 Å². The molecule has 2 fully saturated rings. The van der Waals surface area contributed by atoms with Crippen molar-refractivity contribution in [2.45, 2.75) is 51.9 Å². The summed E-state index contributed by atoms with van der Waals surface area (Å²) >= 11 is 1.42. The molecule has 3 aliphatic rings. The number of imide groups is 1. The van der Waals surface area contributed by atoms with Gasteiger partial charge in [0.15, 0.2) is 0 Å². The molecule has 1 aromatic rings. The van der Waals surface area contributed by atoms with E-state index in [-0.39, 0.29) is 41.4 Å². The lowest BCUT2D eigenvalue weighted by atomic mass is 9.85. The third kappa shape index (κ3) is 3.62. The number of anilines is 1. The number of amides is 3. The van der Waals surface area contributed by atoms with Crippen molar-refractivity contribution >= 4 is 34.2 Å². The molecule has 0 aromatic carbocycles. The molecule has 1 aromatic heterocycles. The molecule has 4 rings (SSSR count). The molecule has 0 radical (unpaired) electrons. The van der Waals surface area contributed by atoms with Crippen LogP contribution in [-0.2, 0) is 20.8 Å². The van der Waals surface area contributed by atoms with Gasteiger partial charge in [-0.3, -0.25) is 19.3 Å². The second kappa shape index (κ2) is 8.11. The van der Waals surface area contributed by atoms with Crippen molar-refractivity contribution in [3.05, 3.63) is 17.2 Å². The molecule has 8 heteroatoms. The largest absolute Gasteiger partial charge is 0.301 e. The Bertz CT molecular complexity index is 775. The SMILES string of the molecule is CCCc1nnc(NC(=O)CCCCCN2C(=O)[C@H]3[C@H](C2=O)[C@H]2C=C[C@H]3C2)s1. The molecule has 4 atom stereocenters. The van der Waals surface area contributed by atoms with E-state index in [4.69, 9.17) is 0 Å². The highest BCUT2D eigenvalue weighted by molar-refractivity contribution is 7.15. The number of nitrogens with zero attached hydrogens (tertiary/aromatic N) is 3. The number of hydrogen-bond acceptors (Lipinski definition) is 6. The smallest absolute Gasteiger partial charge is 0.233 e. The number of nitrogens with one attached hydrogen (secondary N) is 1. The summed E-state index contributed by atoms with van der Waals surface area (Å²) in [4.78, 5) is 38.7. The standard InChI is InChI=1S/C20H26N4O3S/c1-2-6-15-22-23-20(28-15)21-14(25)7-4-3-5-10-24-18(26)16-12-8-9-13(11-12)17(16)19(24)27/h8-9,12-13,16-17H,2-7,10-11H2,1H3,(H,21,23,25)/t12-,13-,16+,17+/m0/s1. The zero-order valence-corrected chi connectivity index (χ0v) is 16.9. The van der Waals surface area contributed by atoms with E-state index in [9.17, 15) is 14.4 Å². The first-order valence-corrected chi connectivity index (χ1v) is 11.1. The molecule has 1 saturated heterocycles. The van der Waals surface area contributed by atoms with Crippen LogP contribution in [0.25, 0.3) is 0 Å². The van der Waals surface area contributed by atoms with E-state index in [2.05, 4.69) is 34.6 Å². The summed E-state index contributed by atoms with van der Waals surface area (Å²) in [7, 11) is 0. The van der Waals surface area contributed by atoms with Gasteiger partial charge in [-0.2, -0.15) is 0 Å². The number of likely N-dealkylation sites (tertiary alicyclic amines) is 1. The zero-order valence-electron chi connectivity index (χ0n) is 16.1. The van der Waals surface area contributed by atoms with Gasteiger partial charge in [-0.15, -0.1) is 10.2 Å². The van der Waals surface area contributed by atoms with Crippen LogP contribution < -0.4 is 5.32 Å². The second-order valence-corrected chi connectivity index (χ2v) is 9.00. The molecule has 2 bridgehead atoms. The quantitative estimate of drug-likeness (QED) is 0.389. The normalized spacial score (nSPS) is 27.7. The van der Waals surface area contributed by atoms with E-state index in [1.165, 1.54) is 16.2 Å². The maximum absolute atomic E-state index is 12.6. The number of aryl methyl sites for hydroxylation is 1. The average molecular weight is 403 g/mol. The molecule has 1 aliphatic heterocycles. The van der Waals surface area contributed by atoms with E-state index in [1.54, 1.807) is 0 Å². The lowest BCUT2D eigenvalue weighted by Crippen LogP contribution is -2.33. The van der Waals surface area contributed by atoms with Crippen molar-refractivity contribution in [2.75, 3.05) is 11.9 Å². The van der Waals surface area contributed by atoms with Crippen LogP contribution in [0.5, 0.6) is 0 Å². The van der Waals surface area contributed by atoms with Gasteiger partial charge in [0.25, 0.3) is 0 Å². The van der Waals surface area contributed by atoms with Crippen molar-refractivity contribution in [3.63, 3.8) is 0 Å². The minimum Gasteiger partial charge on any atom is -0.301 e. The Morgan fingerprint density at radius 3 is 2.54 bits per heavy atom. The molecule has 0 unspecified atom stereocenters. The van der Waals surface area contributed by atoms with E-state index >= 15 is 0 Å². The van der Waals surface area contributed by atoms with E-state index in [0.29, 0.717) is 18.1 Å². The number of hydrogen-bond donors (Lipinski definition) is 1. The van der Waals surface area contributed by atoms with Crippen LogP contribution in [0.1, 0.15) is 50.5 Å². The highest BCUT2D eigenvalue weighted by Gasteiger charge is 2.58. The van der Waals surface area contributed by atoms with Crippen LogP contribution in [0.3, 0.4) is 0 Å². The topological polar surface area (TPSA) is 92.3 Å². The Morgan fingerprint density at radius 1 is 1.14 bits per heavy atom. The first kappa shape index (κ1) is 19.2. The van der Waals surface area contributed by atoms with Crippen LogP contribution in [0.4, 0.5) is 5.13 Å². The minimum atomic E-state index is -0.113. The lowest BCUT2D eigenvalue weighted by Gasteiger charge is -2.16. The monoisotopic (exact) mass is 402 g/mol. The molecule has 2 aliphatic carbocycles. The number of fused-ring (bicyclic) bond motifs is 5. The van der Waals surface area contributed by atoms with Crippen molar-refractivity contribution in [1.29, 1.82) is 0 Å². The van der Waals surface area contributed by atoms with Crippen molar-refractivity contribution in [3.8, 4) is 0 Å². The fourth-order valence-electron chi connectivity index (χ4n) is 4.72. The number of aromatic nitrogens is 2. The highest BCUT2D eigenvalue weighted by atomic mass is 32.1. The Hall–Kier alpha value is -2.09. The van der Waals surface area contributed by atoms with Crippen molar-refractivity contribution < 1.29 is 14.4 Å². The van der Waals surface area contributed by atoms with Crippen LogP contribution in [0.15, 0.2) is 12.2 Å². The van der Waals surface area contributed by atoms with Crippen molar-refractivity contribution in [1.82, 2.24) is 15.1 Å². The van der Waals surface area contributed by atoms with Gasteiger partial charge >= 0.3 is 0 Å². The molecule has 7 nitrogen and oxygen atoms in total. The number of unbranched alkanes of at least 4 members (excludes halogenated alkanes) is 2. The summed E-state index contributed by atoms with van der Waals surface area (Å²) in [5.41, 5.74) is 0. The first-order chi connectivity index (χ1) is 13.6. The Balaban J connectivity index is 1.16. The van der Waals surface area contributed by atoms with Crippen LogP contribution in [0, 0.1) is 23.7 Å². The predicted molar refractivity (Wildman–Crippen MR) is 105 cm³/mol. The summed E-state index contributed by atoms with van der Waals surface area (Å²) in [6, 6.07) is 0. The number of allylic oxidation sites excluding steroid dienone is 2. The molecular weight excluding hydrogens is 376 g/mol. The Morgan fingerprint density at radius 2 is 1.86 bits per heavy atom. The fraction of sp³-hybridized carbons (Fsp3) is 0.650. The van der Waals surface area contributed by atoms with Gasteiger partial charge in [0.2, 0.25) is 22.9 Å². The molecular formula is C20H26N4O3S. The fourth-order valence-corrected chi connectivity index (χ4v) is 5.58. The van der Waals surface area contributed by atoms with Gasteiger partial charge < -0.3 is 5.32 Å². The second-order valence-electron chi connectivity index (χ2n) is 7.94. The lowest BCUT2D eigenvalue weighted by molar-refractivity contribution is -0.140. The molecule has 3 amide bonds. The average Bonchev–Trinajstić information content (AvgIpc) is 3.43. The molecule has 1 saturated carbocycles. The van der Waals surface area contributed by atoms with Gasteiger partial charge in [-0.1, -0.05) is 36.8 Å². The third-order valence-electron chi connectivity index (χ3n) is 6.02. The van der Waals surface area contributed by atoms with Crippen LogP contribution >= 0.6 is 11.3 Å². The molecule has 150 valence electrons. The summed E-state index contributed by atoms with van der Waals surface area (Å²) in [6.45, 7) is 2.55. The summed E-state index contributed by atoms with van der Waals surface area (Å²) < 4.78 is 0. The Labute approximate surface area is 168 Å². The van der Waals surface area contributed by atoms with E-state index in [0.717, 1.165) is 43.5 Å². The first-order valence-electron chi connectivity index (χ1n) is 10.2. The van der Waals surface area contributed by atoms with Crippen LogP contribution in [0.2, 0.25) is 0 Å². The Kier molecular flexibility index (Phi) is 5.57. The van der Waals surface area contributed by atoms with Crippen molar-refractivity contribution in [2.24, 2.45) is 23.7 Å². The van der Waals surface area contributed by atoms with Gasteiger partial charge in [-0.25, -0.2) is 0 Å². The summed E-state index contributed by atoms with van der Waals surface area (Å²) in [5.74, 6) is 0.268. The summed E-state index contributed by atoms with van der Waals surface area (Å²) in [6.07, 6.45) is 9.75. The number of carbonyl (C=O) groups excluding carboxylic acids is 3. The molecule has 28 heavy (non-hydrogen) atoms. The van der Waals surface area contributed by atoms with Gasteiger partial charge in [0.1, 0.15) is 5.01 Å². The maximum atomic E-state index is 12.6. The maximum Gasteiger partial charge on any atom is 0.233 e. The molecule has 1 N–H and O–H groups in total. The molecule has 2 heterocycles. The van der Waals surface area contributed by atoms with Gasteiger partial charge in [0, 0.05) is 19.4 Å². The zero-order chi connectivity index (χ0) is 19.7. The third-order valence-corrected chi connectivity index (χ3v) is 6.92. The number of carbonyl (C=O) groups is 3. The minimum absolute atomic E-state index is 0.0174. The molecule has 0 spiro atoms. The highest BCUT2D eigenvalue weighted by Crippen LogP contribution is 2.52. The summed E-state index contributed by atoms with van der Waals surface area (Å²) in [5, 5.41) is 12.3. The van der Waals surface area contributed by atoms with E-state index in [1.807, 2.05) is 0 Å². The van der Waals surface area contributed by atoms with Gasteiger partial charge in [0.05, 0.1) is 11.8 Å². The predicted octanol–water partition coefficient (Wildman–Crippen LogP) is 2.80. The van der Waals surface area contributed by atoms with Gasteiger partial charge in [-0.05, 0) is 37.5 Å². The van der Waals surface area contributed by atoms with E-state index < -0.39 is 0 Å². The number of rotatable bonds is 9.